The first-order chi connectivity index (χ1) is 13.9. The first-order valence-electron chi connectivity index (χ1n) is 9.03. The number of H-pyrrole nitrogens is 1. The van der Waals surface area contributed by atoms with E-state index >= 15 is 0 Å². The summed E-state index contributed by atoms with van der Waals surface area (Å²) in [5, 5.41) is 0. The highest BCUT2D eigenvalue weighted by Crippen LogP contribution is 2.45. The number of carbonyl (C=O) groups is 1. The Kier molecular flexibility index (Phi) is 4.89. The summed E-state index contributed by atoms with van der Waals surface area (Å²) in [7, 11) is 0. The van der Waals surface area contributed by atoms with Crippen molar-refractivity contribution in [1.82, 2.24) is 9.97 Å². The summed E-state index contributed by atoms with van der Waals surface area (Å²) in [6.45, 7) is 1.24. The number of carbonyl (C=O) groups excluding carboxylic acids is 1. The number of rotatable bonds is 6. The van der Waals surface area contributed by atoms with Gasteiger partial charge in [0.05, 0.1) is 35.9 Å². The van der Waals surface area contributed by atoms with Crippen LogP contribution >= 0.6 is 0 Å². The smallest absolute Gasteiger partial charge is 0.241 e. The number of β-lactam (4-membered cyclic amide) rings is 1. The lowest BCUT2D eigenvalue weighted by Gasteiger charge is -2.46. The second-order valence-corrected chi connectivity index (χ2v) is 6.87. The number of amides is 1. The summed E-state index contributed by atoms with van der Waals surface area (Å²) in [5.74, 6) is -2.85. The number of nitrogens with one attached hydrogen (secondary N) is 1. The third kappa shape index (κ3) is 3.41. The quantitative estimate of drug-likeness (QED) is 0.480. The first kappa shape index (κ1) is 19.2. The van der Waals surface area contributed by atoms with Crippen LogP contribution in [0.1, 0.15) is 24.9 Å². The number of imidazole rings is 1. The zero-order valence-corrected chi connectivity index (χ0v) is 15.3. The average Bonchev–Trinajstić information content (AvgIpc) is 3.14. The van der Waals surface area contributed by atoms with Crippen LogP contribution < -0.4 is 9.64 Å². The van der Waals surface area contributed by atoms with Gasteiger partial charge in [0.1, 0.15) is 17.4 Å². The van der Waals surface area contributed by atoms with Crippen molar-refractivity contribution in [2.24, 2.45) is 5.92 Å². The number of anilines is 1. The van der Waals surface area contributed by atoms with Crippen molar-refractivity contribution in [2.45, 2.75) is 25.8 Å². The second-order valence-electron chi connectivity index (χ2n) is 6.87. The van der Waals surface area contributed by atoms with E-state index in [0.717, 1.165) is 17.6 Å². The predicted octanol–water partition coefficient (Wildman–Crippen LogP) is 4.60. The number of fused-ring (bicyclic) bond motifs is 1. The highest BCUT2D eigenvalue weighted by atomic mass is 19.3. The third-order valence-electron chi connectivity index (χ3n) is 5.02. The van der Waals surface area contributed by atoms with Crippen LogP contribution in [0.2, 0.25) is 0 Å². The summed E-state index contributed by atoms with van der Waals surface area (Å²) < 4.78 is 58.9. The topological polar surface area (TPSA) is 58.2 Å². The number of hydrogen-bond acceptors (Lipinski definition) is 3. The number of hydrogen-bond donors (Lipinski definition) is 1. The normalized spacial score (nSPS) is 19.1. The summed E-state index contributed by atoms with van der Waals surface area (Å²) in [6, 6.07) is 6.14. The molecular weight excluding hydrogens is 390 g/mol. The fourth-order valence-electron chi connectivity index (χ4n) is 3.56. The maximum absolute atomic E-state index is 14.7. The van der Waals surface area contributed by atoms with Crippen molar-refractivity contribution in [1.29, 1.82) is 0 Å². The van der Waals surface area contributed by atoms with Gasteiger partial charge in [-0.2, -0.15) is 0 Å². The van der Waals surface area contributed by atoms with Crippen LogP contribution in [0.15, 0.2) is 36.7 Å². The van der Waals surface area contributed by atoms with Gasteiger partial charge in [0.25, 0.3) is 0 Å². The summed E-state index contributed by atoms with van der Waals surface area (Å²) in [5.41, 5.74) is 1.61. The van der Waals surface area contributed by atoms with Gasteiger partial charge in [-0.15, -0.1) is 0 Å². The van der Waals surface area contributed by atoms with E-state index < -0.39 is 36.4 Å². The van der Waals surface area contributed by atoms with Crippen molar-refractivity contribution >= 4 is 22.6 Å². The summed E-state index contributed by atoms with van der Waals surface area (Å²) in [6.07, 6.45) is -1.59. The molecular formula is C20H17F4N3O2. The maximum atomic E-state index is 14.7. The molecule has 0 aliphatic carbocycles. The van der Waals surface area contributed by atoms with Gasteiger partial charge in [0.15, 0.2) is 0 Å². The van der Waals surface area contributed by atoms with E-state index in [1.807, 2.05) is 0 Å². The predicted molar refractivity (Wildman–Crippen MR) is 98.0 cm³/mol. The second kappa shape index (κ2) is 7.38. The summed E-state index contributed by atoms with van der Waals surface area (Å²) >= 11 is 0. The third-order valence-corrected chi connectivity index (χ3v) is 5.02. The van der Waals surface area contributed by atoms with E-state index in [1.165, 1.54) is 11.2 Å². The zero-order valence-electron chi connectivity index (χ0n) is 15.3. The van der Waals surface area contributed by atoms with Crippen molar-refractivity contribution in [3.8, 4) is 5.75 Å². The van der Waals surface area contributed by atoms with Crippen LogP contribution in [0.5, 0.6) is 5.75 Å². The highest BCUT2D eigenvalue weighted by molar-refractivity contribution is 6.04. The Balaban J connectivity index is 1.64. The van der Waals surface area contributed by atoms with Gasteiger partial charge in [-0.1, -0.05) is 6.92 Å². The number of halogens is 4. The standard InChI is InChI=1S/C20H17F4N3O2/c1-10-19(18-13(21)7-12(8-14(18)22)29-5-4-17(23)24)27(20(10)28)11-2-3-15-16(6-11)26-9-25-15/h2-3,6-10,17,19H,4-5H2,1H3,(H,25,26)/t10-,19-/m0/s1. The van der Waals surface area contributed by atoms with Crippen molar-refractivity contribution < 1.29 is 27.1 Å². The van der Waals surface area contributed by atoms with Crippen LogP contribution in [-0.2, 0) is 4.79 Å². The van der Waals surface area contributed by atoms with E-state index in [2.05, 4.69) is 9.97 Å². The molecule has 0 unspecified atom stereocenters. The monoisotopic (exact) mass is 407 g/mol. The van der Waals surface area contributed by atoms with Crippen LogP contribution in [0, 0.1) is 17.6 Å². The Bertz CT molecular complexity index is 1050. The molecule has 1 N–H and O–H groups in total. The number of aromatic amines is 1. The molecule has 3 aromatic rings. The molecule has 2 heterocycles. The SMILES string of the molecule is C[C@@H]1C(=O)N(c2ccc3[nH]cnc3c2)[C@@H]1c1c(F)cc(OCCC(F)F)cc1F. The van der Waals surface area contributed by atoms with E-state index in [4.69, 9.17) is 4.74 Å². The van der Waals surface area contributed by atoms with Crippen LogP contribution in [0.3, 0.4) is 0 Å². The maximum Gasteiger partial charge on any atom is 0.241 e. The average molecular weight is 407 g/mol. The number of alkyl halides is 2. The number of aromatic nitrogens is 2. The fourth-order valence-corrected chi connectivity index (χ4v) is 3.56. The molecule has 1 fully saturated rings. The lowest BCUT2D eigenvalue weighted by atomic mass is 9.82. The van der Waals surface area contributed by atoms with Gasteiger partial charge in [-0.3, -0.25) is 4.79 Å². The molecule has 29 heavy (non-hydrogen) atoms. The number of ether oxygens (including phenoxy) is 1. The highest BCUT2D eigenvalue weighted by Gasteiger charge is 2.48. The molecule has 1 aromatic heterocycles. The van der Waals surface area contributed by atoms with Gasteiger partial charge in [-0.05, 0) is 18.2 Å². The minimum atomic E-state index is -2.56. The van der Waals surface area contributed by atoms with Crippen LogP contribution in [0.4, 0.5) is 23.2 Å². The van der Waals surface area contributed by atoms with Gasteiger partial charge < -0.3 is 14.6 Å². The molecule has 2 atom stereocenters. The van der Waals surface area contributed by atoms with Crippen molar-refractivity contribution in [3.05, 3.63) is 53.9 Å². The number of benzene rings is 2. The van der Waals surface area contributed by atoms with E-state index in [-0.39, 0.29) is 23.8 Å². The Hall–Kier alpha value is -3.10. The van der Waals surface area contributed by atoms with E-state index in [0.29, 0.717) is 11.2 Å². The van der Waals surface area contributed by atoms with E-state index in [9.17, 15) is 22.4 Å². The fraction of sp³-hybridized carbons (Fsp3) is 0.300. The lowest BCUT2D eigenvalue weighted by molar-refractivity contribution is -0.129. The van der Waals surface area contributed by atoms with Crippen LogP contribution in [0.25, 0.3) is 11.0 Å². The molecule has 0 spiro atoms. The lowest BCUT2D eigenvalue weighted by Crippen LogP contribution is -2.54. The first-order valence-corrected chi connectivity index (χ1v) is 9.03. The molecule has 152 valence electrons. The molecule has 0 bridgehead atoms. The molecule has 2 aromatic carbocycles. The van der Waals surface area contributed by atoms with Gasteiger partial charge in [0, 0.05) is 29.8 Å². The van der Waals surface area contributed by atoms with Gasteiger partial charge in [-0.25, -0.2) is 22.5 Å². The molecule has 0 saturated carbocycles. The molecule has 0 radical (unpaired) electrons. The Morgan fingerprint density at radius 3 is 2.62 bits per heavy atom. The van der Waals surface area contributed by atoms with Crippen molar-refractivity contribution in [3.63, 3.8) is 0 Å². The molecule has 1 aliphatic rings. The van der Waals surface area contributed by atoms with Crippen LogP contribution in [-0.4, -0.2) is 28.9 Å². The number of nitrogens with zero attached hydrogens (tertiary/aromatic N) is 2. The largest absolute Gasteiger partial charge is 0.493 e. The minimum Gasteiger partial charge on any atom is -0.493 e. The van der Waals surface area contributed by atoms with Gasteiger partial charge in [0.2, 0.25) is 12.3 Å². The summed E-state index contributed by atoms with van der Waals surface area (Å²) in [4.78, 5) is 20.9. The molecule has 1 saturated heterocycles. The molecule has 9 heteroatoms. The molecule has 4 rings (SSSR count). The van der Waals surface area contributed by atoms with E-state index in [1.54, 1.807) is 25.1 Å². The Morgan fingerprint density at radius 1 is 1.21 bits per heavy atom. The Labute approximate surface area is 163 Å². The van der Waals surface area contributed by atoms with Crippen molar-refractivity contribution in [2.75, 3.05) is 11.5 Å². The molecule has 1 amide bonds. The Morgan fingerprint density at radius 2 is 1.93 bits per heavy atom. The molecule has 1 aliphatic heterocycles. The minimum absolute atomic E-state index is 0.174. The molecule has 5 nitrogen and oxygen atoms in total. The zero-order chi connectivity index (χ0) is 20.7. The van der Waals surface area contributed by atoms with Gasteiger partial charge >= 0.3 is 0 Å².